The van der Waals surface area contributed by atoms with Crippen LogP contribution >= 0.6 is 11.8 Å². The second-order valence-electron chi connectivity index (χ2n) is 6.88. The van der Waals surface area contributed by atoms with Gasteiger partial charge in [0.1, 0.15) is 5.75 Å². The van der Waals surface area contributed by atoms with Gasteiger partial charge < -0.3 is 4.74 Å². The van der Waals surface area contributed by atoms with Crippen molar-refractivity contribution in [3.8, 4) is 17.1 Å². The van der Waals surface area contributed by atoms with Crippen LogP contribution < -0.4 is 4.74 Å². The van der Waals surface area contributed by atoms with Crippen LogP contribution in [0.25, 0.3) is 11.4 Å². The number of ether oxygens (including phenoxy) is 1. The van der Waals surface area contributed by atoms with Crippen LogP contribution in [0, 0.1) is 6.92 Å². The lowest BCUT2D eigenvalue weighted by Crippen LogP contribution is -2.16. The fourth-order valence-electron chi connectivity index (χ4n) is 2.92. The van der Waals surface area contributed by atoms with Crippen molar-refractivity contribution < 1.29 is 13.2 Å². The molecule has 31 heavy (non-hydrogen) atoms. The fourth-order valence-corrected chi connectivity index (χ4v) is 5.28. The van der Waals surface area contributed by atoms with Crippen LogP contribution in [0.3, 0.4) is 0 Å². The van der Waals surface area contributed by atoms with E-state index in [-0.39, 0.29) is 4.90 Å². The highest BCUT2D eigenvalue weighted by Gasteiger charge is 2.25. The van der Waals surface area contributed by atoms with Crippen molar-refractivity contribution in [2.45, 2.75) is 22.7 Å². The molecule has 6 nitrogen and oxygen atoms in total. The maximum Gasteiger partial charge on any atom is 0.285 e. The summed E-state index contributed by atoms with van der Waals surface area (Å²) in [4.78, 5) is 4.73. The van der Waals surface area contributed by atoms with Crippen LogP contribution in [0.4, 0.5) is 0 Å². The molecule has 0 saturated carbocycles. The minimum atomic E-state index is -3.89. The molecular formula is C23H21N3O3S2. The van der Waals surface area contributed by atoms with Gasteiger partial charge in [-0.25, -0.2) is 0 Å². The molecule has 0 atom stereocenters. The maximum atomic E-state index is 13.3. The molecule has 0 amide bonds. The van der Waals surface area contributed by atoms with E-state index in [0.29, 0.717) is 28.0 Å². The molecule has 0 unspecified atom stereocenters. The fraction of sp³-hybridized carbons (Fsp3) is 0.130. The minimum Gasteiger partial charge on any atom is -0.497 e. The predicted octanol–water partition coefficient (Wildman–Crippen LogP) is 4.79. The Hall–Kier alpha value is -3.10. The van der Waals surface area contributed by atoms with E-state index < -0.39 is 10.0 Å². The van der Waals surface area contributed by atoms with Gasteiger partial charge in [-0.1, -0.05) is 59.8 Å². The molecule has 1 aromatic heterocycles. The molecule has 0 aliphatic rings. The van der Waals surface area contributed by atoms with Gasteiger partial charge in [-0.3, -0.25) is 0 Å². The van der Waals surface area contributed by atoms with Gasteiger partial charge in [-0.2, -0.15) is 13.4 Å². The number of aryl methyl sites for hydroxylation is 1. The van der Waals surface area contributed by atoms with Crippen molar-refractivity contribution in [3.63, 3.8) is 0 Å². The molecular weight excluding hydrogens is 430 g/mol. The molecule has 0 radical (unpaired) electrons. The number of rotatable bonds is 7. The molecule has 0 aliphatic carbocycles. The lowest BCUT2D eigenvalue weighted by Gasteiger charge is -2.07. The van der Waals surface area contributed by atoms with E-state index in [2.05, 4.69) is 10.1 Å². The second kappa shape index (κ2) is 8.95. The van der Waals surface area contributed by atoms with Gasteiger partial charge in [0.2, 0.25) is 5.16 Å². The third kappa shape index (κ3) is 4.65. The summed E-state index contributed by atoms with van der Waals surface area (Å²) < 4.78 is 32.9. The molecule has 0 aliphatic heterocycles. The highest BCUT2D eigenvalue weighted by molar-refractivity contribution is 7.99. The molecule has 8 heteroatoms. The van der Waals surface area contributed by atoms with Gasteiger partial charge in [-0.05, 0) is 48.9 Å². The normalized spacial score (nSPS) is 11.4. The highest BCUT2D eigenvalue weighted by Crippen LogP contribution is 2.28. The Kier molecular flexibility index (Phi) is 6.11. The molecule has 0 bridgehead atoms. The Morgan fingerprint density at radius 2 is 1.61 bits per heavy atom. The Bertz CT molecular complexity index is 1270. The average Bonchev–Trinajstić information content (AvgIpc) is 3.24. The first kappa shape index (κ1) is 21.1. The van der Waals surface area contributed by atoms with E-state index in [1.807, 2.05) is 49.4 Å². The molecule has 4 aromatic rings. The summed E-state index contributed by atoms with van der Waals surface area (Å²) in [6, 6.07) is 23.7. The van der Waals surface area contributed by atoms with Crippen molar-refractivity contribution in [2.75, 3.05) is 7.11 Å². The van der Waals surface area contributed by atoms with Crippen LogP contribution in [-0.2, 0) is 15.8 Å². The number of aromatic nitrogens is 3. The Labute approximate surface area is 186 Å². The van der Waals surface area contributed by atoms with Crippen molar-refractivity contribution in [2.24, 2.45) is 0 Å². The summed E-state index contributed by atoms with van der Waals surface area (Å²) in [5.74, 6) is 1.62. The zero-order chi connectivity index (χ0) is 21.8. The largest absolute Gasteiger partial charge is 0.497 e. The number of hydrogen-bond donors (Lipinski definition) is 0. The number of benzene rings is 3. The SMILES string of the molecule is COc1ccc(-c2nc(SCc3ccccc3)n(S(=O)(=O)c3ccc(C)cc3)n2)cc1. The van der Waals surface area contributed by atoms with E-state index >= 15 is 0 Å². The van der Waals surface area contributed by atoms with E-state index in [4.69, 9.17) is 4.74 Å². The minimum absolute atomic E-state index is 0.172. The van der Waals surface area contributed by atoms with Crippen LogP contribution in [0.15, 0.2) is 88.9 Å². The highest BCUT2D eigenvalue weighted by atomic mass is 32.2. The lowest BCUT2D eigenvalue weighted by atomic mass is 10.2. The molecule has 4 rings (SSSR count). The van der Waals surface area contributed by atoms with Crippen molar-refractivity contribution in [1.82, 2.24) is 14.2 Å². The maximum absolute atomic E-state index is 13.3. The van der Waals surface area contributed by atoms with Crippen LogP contribution in [0.2, 0.25) is 0 Å². The van der Waals surface area contributed by atoms with Gasteiger partial charge in [-0.15, -0.1) is 9.19 Å². The Morgan fingerprint density at radius 3 is 2.26 bits per heavy atom. The first-order chi connectivity index (χ1) is 15.0. The molecule has 0 N–H and O–H groups in total. The predicted molar refractivity (Wildman–Crippen MR) is 122 cm³/mol. The van der Waals surface area contributed by atoms with Crippen LogP contribution in [-0.4, -0.2) is 29.7 Å². The number of thioether (sulfide) groups is 1. The van der Waals surface area contributed by atoms with E-state index in [1.165, 1.54) is 11.8 Å². The summed E-state index contributed by atoms with van der Waals surface area (Å²) in [5.41, 5.74) is 2.76. The monoisotopic (exact) mass is 451 g/mol. The number of hydrogen-bond acceptors (Lipinski definition) is 6. The van der Waals surface area contributed by atoms with E-state index in [9.17, 15) is 8.42 Å². The number of nitrogens with zero attached hydrogens (tertiary/aromatic N) is 3. The quantitative estimate of drug-likeness (QED) is 0.376. The third-order valence-electron chi connectivity index (χ3n) is 4.66. The van der Waals surface area contributed by atoms with Crippen molar-refractivity contribution in [1.29, 1.82) is 0 Å². The van der Waals surface area contributed by atoms with Gasteiger partial charge >= 0.3 is 0 Å². The molecule has 3 aromatic carbocycles. The zero-order valence-electron chi connectivity index (χ0n) is 17.1. The zero-order valence-corrected chi connectivity index (χ0v) is 18.7. The summed E-state index contributed by atoms with van der Waals surface area (Å²) in [5, 5.41) is 4.69. The van der Waals surface area contributed by atoms with E-state index in [0.717, 1.165) is 15.2 Å². The average molecular weight is 452 g/mol. The van der Waals surface area contributed by atoms with Crippen LogP contribution in [0.1, 0.15) is 11.1 Å². The second-order valence-corrected chi connectivity index (χ2v) is 9.59. The smallest absolute Gasteiger partial charge is 0.285 e. The van der Waals surface area contributed by atoms with Crippen molar-refractivity contribution in [3.05, 3.63) is 90.0 Å². The van der Waals surface area contributed by atoms with Gasteiger partial charge in [0.15, 0.2) is 5.82 Å². The molecule has 0 spiro atoms. The lowest BCUT2D eigenvalue weighted by molar-refractivity contribution is 0.415. The molecule has 0 saturated heterocycles. The molecule has 158 valence electrons. The van der Waals surface area contributed by atoms with Gasteiger partial charge in [0.05, 0.1) is 12.0 Å². The summed E-state index contributed by atoms with van der Waals surface area (Å²) >= 11 is 1.33. The first-order valence-corrected chi connectivity index (χ1v) is 12.0. The van der Waals surface area contributed by atoms with Crippen LogP contribution in [0.5, 0.6) is 5.75 Å². The third-order valence-corrected chi connectivity index (χ3v) is 7.35. The summed E-state index contributed by atoms with van der Waals surface area (Å²) in [6.45, 7) is 1.91. The van der Waals surface area contributed by atoms with Gasteiger partial charge in [0, 0.05) is 11.3 Å². The Balaban J connectivity index is 1.75. The molecule has 1 heterocycles. The summed E-state index contributed by atoms with van der Waals surface area (Å²) in [6.07, 6.45) is 0. The summed E-state index contributed by atoms with van der Waals surface area (Å²) in [7, 11) is -2.30. The topological polar surface area (TPSA) is 74.1 Å². The van der Waals surface area contributed by atoms with Gasteiger partial charge in [0.25, 0.3) is 10.0 Å². The molecule has 0 fully saturated rings. The van der Waals surface area contributed by atoms with E-state index in [1.54, 1.807) is 43.5 Å². The Morgan fingerprint density at radius 1 is 0.935 bits per heavy atom. The van der Waals surface area contributed by atoms with Crippen molar-refractivity contribution >= 4 is 21.8 Å². The standard InChI is InChI=1S/C23H21N3O3S2/c1-17-8-14-21(15-9-17)31(27,28)26-23(30-16-18-6-4-3-5-7-18)24-22(25-26)19-10-12-20(29-2)13-11-19/h3-15H,16H2,1-2H3. The number of methoxy groups -OCH3 is 1. The first-order valence-electron chi connectivity index (χ1n) is 9.58.